The standard InChI is InChI=1S/C23H30N6O.HI/c1-18-6-5-11-29-17-19(26-22(18)29)9-10-25-23(24-2)28-14-12-27(13-15-28)20-7-4-8-21(16-20)30-3;/h4-8,11,16-17H,9-10,12-15H2,1-3H3,(H,24,25);1H. The van der Waals surface area contributed by atoms with Crippen LogP contribution in [0, 0.1) is 6.92 Å². The minimum Gasteiger partial charge on any atom is -0.497 e. The minimum absolute atomic E-state index is 0. The number of pyridine rings is 1. The van der Waals surface area contributed by atoms with Crippen LogP contribution in [0.1, 0.15) is 11.3 Å². The first-order chi connectivity index (χ1) is 14.7. The Morgan fingerprint density at radius 3 is 2.68 bits per heavy atom. The third-order valence-electron chi connectivity index (χ3n) is 5.60. The number of rotatable bonds is 5. The molecule has 1 aliphatic rings. The molecular weight excluding hydrogens is 503 g/mol. The van der Waals surface area contributed by atoms with E-state index in [1.165, 1.54) is 11.3 Å². The van der Waals surface area contributed by atoms with Gasteiger partial charge in [0, 0.05) is 70.3 Å². The third-order valence-corrected chi connectivity index (χ3v) is 5.60. The van der Waals surface area contributed by atoms with E-state index >= 15 is 0 Å². The summed E-state index contributed by atoms with van der Waals surface area (Å²) in [7, 11) is 3.56. The van der Waals surface area contributed by atoms with Crippen molar-refractivity contribution in [2.24, 2.45) is 4.99 Å². The first-order valence-corrected chi connectivity index (χ1v) is 10.5. The Bertz CT molecular complexity index is 1030. The van der Waals surface area contributed by atoms with Gasteiger partial charge in [0.2, 0.25) is 0 Å². The Hall–Kier alpha value is -2.49. The van der Waals surface area contributed by atoms with Crippen LogP contribution in [0.3, 0.4) is 0 Å². The number of benzene rings is 1. The van der Waals surface area contributed by atoms with Crippen molar-refractivity contribution in [2.45, 2.75) is 13.3 Å². The topological polar surface area (TPSA) is 57.4 Å². The summed E-state index contributed by atoms with van der Waals surface area (Å²) in [6, 6.07) is 12.4. The Balaban J connectivity index is 0.00000272. The molecule has 7 nitrogen and oxygen atoms in total. The van der Waals surface area contributed by atoms with E-state index in [1.807, 2.05) is 25.4 Å². The van der Waals surface area contributed by atoms with Gasteiger partial charge in [-0.05, 0) is 30.7 Å². The number of imidazole rings is 1. The molecule has 4 rings (SSSR count). The van der Waals surface area contributed by atoms with Gasteiger partial charge in [0.25, 0.3) is 0 Å². The third kappa shape index (κ3) is 5.41. The molecule has 1 fully saturated rings. The summed E-state index contributed by atoms with van der Waals surface area (Å²) in [5.74, 6) is 1.86. The zero-order chi connectivity index (χ0) is 20.9. The molecule has 1 saturated heterocycles. The molecular formula is C23H31IN6O. The smallest absolute Gasteiger partial charge is 0.193 e. The molecule has 0 saturated carbocycles. The summed E-state index contributed by atoms with van der Waals surface area (Å²) < 4.78 is 7.45. The molecule has 0 atom stereocenters. The van der Waals surface area contributed by atoms with Gasteiger partial charge in [-0.1, -0.05) is 12.1 Å². The Kier molecular flexibility index (Phi) is 8.00. The number of hydrogen-bond donors (Lipinski definition) is 1. The lowest BCUT2D eigenvalue weighted by Crippen LogP contribution is -2.52. The Morgan fingerprint density at radius 1 is 1.16 bits per heavy atom. The Morgan fingerprint density at radius 2 is 1.97 bits per heavy atom. The summed E-state index contributed by atoms with van der Waals surface area (Å²) in [6.07, 6.45) is 5.02. The number of aryl methyl sites for hydroxylation is 1. The lowest BCUT2D eigenvalue weighted by Gasteiger charge is -2.37. The summed E-state index contributed by atoms with van der Waals surface area (Å²) >= 11 is 0. The van der Waals surface area contributed by atoms with Crippen molar-refractivity contribution >= 4 is 41.3 Å². The van der Waals surface area contributed by atoms with Gasteiger partial charge in [-0.2, -0.15) is 0 Å². The average Bonchev–Trinajstić information content (AvgIpc) is 3.21. The van der Waals surface area contributed by atoms with Gasteiger partial charge in [0.05, 0.1) is 12.8 Å². The van der Waals surface area contributed by atoms with Crippen molar-refractivity contribution in [1.82, 2.24) is 19.6 Å². The van der Waals surface area contributed by atoms with Crippen molar-refractivity contribution < 1.29 is 4.74 Å². The largest absolute Gasteiger partial charge is 0.497 e. The van der Waals surface area contributed by atoms with Crippen molar-refractivity contribution in [1.29, 1.82) is 0 Å². The zero-order valence-corrected chi connectivity index (χ0v) is 20.7. The van der Waals surface area contributed by atoms with Gasteiger partial charge in [0.1, 0.15) is 11.4 Å². The maximum absolute atomic E-state index is 5.36. The number of guanidine groups is 1. The van der Waals surface area contributed by atoms with Crippen LogP contribution in [0.5, 0.6) is 5.75 Å². The van der Waals surface area contributed by atoms with Crippen LogP contribution in [0.15, 0.2) is 53.8 Å². The molecule has 0 radical (unpaired) electrons. The van der Waals surface area contributed by atoms with E-state index in [-0.39, 0.29) is 24.0 Å². The number of nitrogens with one attached hydrogen (secondary N) is 1. The molecule has 0 unspecified atom stereocenters. The number of halogens is 1. The van der Waals surface area contributed by atoms with Crippen molar-refractivity contribution in [3.8, 4) is 5.75 Å². The molecule has 0 amide bonds. The first-order valence-electron chi connectivity index (χ1n) is 10.5. The van der Waals surface area contributed by atoms with Crippen LogP contribution >= 0.6 is 24.0 Å². The second-order valence-corrected chi connectivity index (χ2v) is 7.55. The lowest BCUT2D eigenvalue weighted by molar-refractivity contribution is 0.372. The van der Waals surface area contributed by atoms with Crippen molar-refractivity contribution in [2.75, 3.05) is 51.8 Å². The number of hydrogen-bond acceptors (Lipinski definition) is 4. The molecule has 31 heavy (non-hydrogen) atoms. The number of fused-ring (bicyclic) bond motifs is 1. The number of nitrogens with zero attached hydrogens (tertiary/aromatic N) is 5. The highest BCUT2D eigenvalue weighted by atomic mass is 127. The van der Waals surface area contributed by atoms with Gasteiger partial charge >= 0.3 is 0 Å². The molecule has 1 aliphatic heterocycles. The molecule has 1 aromatic carbocycles. The predicted molar refractivity (Wildman–Crippen MR) is 137 cm³/mol. The average molecular weight is 534 g/mol. The Labute approximate surface area is 201 Å². The summed E-state index contributed by atoms with van der Waals surface area (Å²) in [5, 5.41) is 3.51. The predicted octanol–water partition coefficient (Wildman–Crippen LogP) is 3.21. The van der Waals surface area contributed by atoms with Crippen LogP contribution in [0.4, 0.5) is 5.69 Å². The van der Waals surface area contributed by atoms with Gasteiger partial charge in [-0.15, -0.1) is 24.0 Å². The van der Waals surface area contributed by atoms with Gasteiger partial charge in [-0.3, -0.25) is 4.99 Å². The van der Waals surface area contributed by atoms with E-state index in [9.17, 15) is 0 Å². The molecule has 1 N–H and O–H groups in total. The number of aliphatic imine (C=N–C) groups is 1. The molecule has 3 heterocycles. The molecule has 3 aromatic rings. The summed E-state index contributed by atoms with van der Waals surface area (Å²) in [6.45, 7) is 6.69. The first kappa shape index (κ1) is 23.2. The maximum Gasteiger partial charge on any atom is 0.193 e. The fourth-order valence-corrected chi connectivity index (χ4v) is 3.94. The van der Waals surface area contributed by atoms with E-state index in [4.69, 9.17) is 9.72 Å². The quantitative estimate of drug-likeness (QED) is 0.310. The van der Waals surface area contributed by atoms with E-state index in [2.05, 4.69) is 61.9 Å². The highest BCUT2D eigenvalue weighted by Gasteiger charge is 2.20. The van der Waals surface area contributed by atoms with E-state index in [0.717, 1.165) is 62.2 Å². The molecule has 166 valence electrons. The number of piperazine rings is 1. The van der Waals surface area contributed by atoms with Crippen LogP contribution < -0.4 is 15.0 Å². The number of anilines is 1. The fourth-order valence-electron chi connectivity index (χ4n) is 3.94. The number of aromatic nitrogens is 2. The summed E-state index contributed by atoms with van der Waals surface area (Å²) in [5.41, 5.74) is 4.53. The fraction of sp³-hybridized carbons (Fsp3) is 0.391. The molecule has 0 spiro atoms. The normalized spacial score (nSPS) is 14.5. The number of ether oxygens (including phenoxy) is 1. The van der Waals surface area contributed by atoms with Crippen LogP contribution in [-0.2, 0) is 6.42 Å². The molecule has 8 heteroatoms. The van der Waals surface area contributed by atoms with E-state index in [1.54, 1.807) is 7.11 Å². The highest BCUT2D eigenvalue weighted by Crippen LogP contribution is 2.22. The van der Waals surface area contributed by atoms with E-state index in [0.29, 0.717) is 0 Å². The van der Waals surface area contributed by atoms with Crippen LogP contribution in [-0.4, -0.2) is 67.1 Å². The van der Waals surface area contributed by atoms with Crippen LogP contribution in [0.25, 0.3) is 5.65 Å². The lowest BCUT2D eigenvalue weighted by atomic mass is 10.2. The minimum atomic E-state index is 0. The number of methoxy groups -OCH3 is 1. The van der Waals surface area contributed by atoms with Gasteiger partial charge in [0.15, 0.2) is 5.96 Å². The second-order valence-electron chi connectivity index (χ2n) is 7.55. The van der Waals surface area contributed by atoms with Gasteiger partial charge < -0.3 is 24.3 Å². The second kappa shape index (κ2) is 10.7. The molecule has 0 aliphatic carbocycles. The maximum atomic E-state index is 5.36. The zero-order valence-electron chi connectivity index (χ0n) is 18.4. The molecule has 2 aromatic heterocycles. The van der Waals surface area contributed by atoms with Crippen molar-refractivity contribution in [3.05, 3.63) is 60.0 Å². The van der Waals surface area contributed by atoms with Gasteiger partial charge in [-0.25, -0.2) is 4.98 Å². The summed E-state index contributed by atoms with van der Waals surface area (Å²) in [4.78, 5) is 14.0. The highest BCUT2D eigenvalue weighted by molar-refractivity contribution is 14.0. The van der Waals surface area contributed by atoms with Crippen LogP contribution in [0.2, 0.25) is 0 Å². The van der Waals surface area contributed by atoms with Crippen molar-refractivity contribution in [3.63, 3.8) is 0 Å². The molecule has 0 bridgehead atoms. The SMILES string of the molecule is CN=C(NCCc1cn2cccc(C)c2n1)N1CCN(c2cccc(OC)c2)CC1.I. The monoisotopic (exact) mass is 534 g/mol. The van der Waals surface area contributed by atoms with E-state index < -0.39 is 0 Å².